The van der Waals surface area contributed by atoms with Gasteiger partial charge in [-0.1, -0.05) is 44.9 Å². The quantitative estimate of drug-likeness (QED) is 0.658. The summed E-state index contributed by atoms with van der Waals surface area (Å²) in [5.41, 5.74) is 5.08. The Morgan fingerprint density at radius 1 is 0.958 bits per heavy atom. The molecule has 24 heavy (non-hydrogen) atoms. The highest BCUT2D eigenvalue weighted by Crippen LogP contribution is 2.21. The van der Waals surface area contributed by atoms with Crippen molar-refractivity contribution in [2.45, 2.75) is 53.0 Å². The van der Waals surface area contributed by atoms with Gasteiger partial charge in [-0.05, 0) is 42.5 Å². The average molecular weight is 322 g/mol. The Labute approximate surface area is 143 Å². The zero-order chi connectivity index (χ0) is 16.9. The van der Waals surface area contributed by atoms with Crippen LogP contribution in [0, 0.1) is 6.92 Å². The van der Waals surface area contributed by atoms with E-state index in [1.54, 1.807) is 0 Å². The third kappa shape index (κ3) is 3.75. The monoisotopic (exact) mass is 322 g/mol. The number of fused-ring (bicyclic) bond motifs is 1. The van der Waals surface area contributed by atoms with Gasteiger partial charge >= 0.3 is 0 Å². The molecule has 0 spiro atoms. The Kier molecular flexibility index (Phi) is 5.14. The third-order valence-corrected chi connectivity index (χ3v) is 4.18. The smallest absolute Gasteiger partial charge is 0.143 e. The van der Waals surface area contributed by atoms with Crippen LogP contribution in [0.25, 0.3) is 11.0 Å². The fourth-order valence-electron chi connectivity index (χ4n) is 3.18. The zero-order valence-electron chi connectivity index (χ0n) is 14.8. The number of aromatic amines is 1. The van der Waals surface area contributed by atoms with Gasteiger partial charge < -0.3 is 10.3 Å². The molecule has 3 aromatic rings. The van der Waals surface area contributed by atoms with Crippen LogP contribution in [0.3, 0.4) is 0 Å². The van der Waals surface area contributed by atoms with Crippen molar-refractivity contribution >= 4 is 16.9 Å². The van der Waals surface area contributed by atoms with Crippen LogP contribution in [-0.2, 0) is 19.4 Å². The summed E-state index contributed by atoms with van der Waals surface area (Å²) in [5, 5.41) is 4.54. The van der Waals surface area contributed by atoms with Crippen molar-refractivity contribution < 1.29 is 0 Å². The lowest BCUT2D eigenvalue weighted by molar-refractivity contribution is 0.888. The van der Waals surface area contributed by atoms with Gasteiger partial charge in [-0.3, -0.25) is 0 Å². The number of aromatic nitrogens is 3. The van der Waals surface area contributed by atoms with Crippen LogP contribution in [0.5, 0.6) is 0 Å². The zero-order valence-corrected chi connectivity index (χ0v) is 14.8. The number of nitrogens with zero attached hydrogens (tertiary/aromatic N) is 2. The van der Waals surface area contributed by atoms with Gasteiger partial charge in [-0.15, -0.1) is 0 Å². The number of hydrogen-bond acceptors (Lipinski definition) is 3. The number of aryl methyl sites for hydroxylation is 3. The second-order valence-electron chi connectivity index (χ2n) is 6.37. The van der Waals surface area contributed by atoms with E-state index in [1.165, 1.54) is 29.5 Å². The molecule has 0 amide bonds. The molecule has 0 unspecified atom stereocenters. The first-order valence-electron chi connectivity index (χ1n) is 8.87. The van der Waals surface area contributed by atoms with Crippen molar-refractivity contribution in [3.63, 3.8) is 0 Å². The maximum atomic E-state index is 4.56. The molecule has 126 valence electrons. The largest absolute Gasteiger partial charge is 0.365 e. The van der Waals surface area contributed by atoms with Crippen molar-refractivity contribution in [3.8, 4) is 0 Å². The Morgan fingerprint density at radius 2 is 1.62 bits per heavy atom. The molecule has 0 fully saturated rings. The number of benzene rings is 1. The predicted octanol–water partition coefficient (Wildman–Crippen LogP) is 4.78. The molecule has 2 heterocycles. The van der Waals surface area contributed by atoms with Gasteiger partial charge in [0.05, 0.1) is 5.39 Å². The first kappa shape index (κ1) is 16.5. The van der Waals surface area contributed by atoms with E-state index in [0.29, 0.717) is 0 Å². The highest BCUT2D eigenvalue weighted by atomic mass is 15.0. The fraction of sp³-hybridized carbons (Fsp3) is 0.400. The van der Waals surface area contributed by atoms with Gasteiger partial charge in [0.2, 0.25) is 0 Å². The minimum atomic E-state index is 0.777. The summed E-state index contributed by atoms with van der Waals surface area (Å²) in [4.78, 5) is 12.1. The Bertz CT molecular complexity index is 795. The third-order valence-electron chi connectivity index (χ3n) is 4.18. The molecule has 3 rings (SSSR count). The van der Waals surface area contributed by atoms with E-state index in [2.05, 4.69) is 52.3 Å². The summed E-state index contributed by atoms with van der Waals surface area (Å²) in [5.74, 6) is 1.68. The molecule has 0 aliphatic rings. The normalized spacial score (nSPS) is 11.1. The SMILES string of the molecule is CCCc1cc(CCC)cc(CNc2nc(C)nc3[nH]ccc23)c1. The molecule has 1 aromatic carbocycles. The number of H-pyrrole nitrogens is 1. The minimum Gasteiger partial charge on any atom is -0.365 e. The lowest BCUT2D eigenvalue weighted by atomic mass is 10.00. The van der Waals surface area contributed by atoms with E-state index in [4.69, 9.17) is 0 Å². The number of hydrogen-bond donors (Lipinski definition) is 2. The molecule has 0 radical (unpaired) electrons. The highest BCUT2D eigenvalue weighted by Gasteiger charge is 2.07. The van der Waals surface area contributed by atoms with Crippen molar-refractivity contribution in [1.82, 2.24) is 15.0 Å². The molecule has 0 aliphatic heterocycles. The van der Waals surface area contributed by atoms with Gasteiger partial charge in [0, 0.05) is 12.7 Å². The van der Waals surface area contributed by atoms with Gasteiger partial charge in [-0.2, -0.15) is 0 Å². The van der Waals surface area contributed by atoms with E-state index in [0.717, 1.165) is 42.1 Å². The van der Waals surface area contributed by atoms with Gasteiger partial charge in [0.1, 0.15) is 17.3 Å². The van der Waals surface area contributed by atoms with Crippen LogP contribution in [0.15, 0.2) is 30.5 Å². The van der Waals surface area contributed by atoms with Crippen LogP contribution in [0.2, 0.25) is 0 Å². The summed E-state index contributed by atoms with van der Waals surface area (Å²) < 4.78 is 0. The van der Waals surface area contributed by atoms with Crippen LogP contribution >= 0.6 is 0 Å². The first-order chi connectivity index (χ1) is 11.7. The second-order valence-corrected chi connectivity index (χ2v) is 6.37. The standard InChI is InChI=1S/C20H26N4/c1-4-6-15-10-16(7-5-2)12-17(11-15)13-22-20-18-8-9-21-19(18)23-14(3)24-20/h8-12H,4-7,13H2,1-3H3,(H2,21,22,23,24). The molecule has 0 atom stereocenters. The minimum absolute atomic E-state index is 0.777. The first-order valence-corrected chi connectivity index (χ1v) is 8.87. The van der Waals surface area contributed by atoms with Crippen LogP contribution in [-0.4, -0.2) is 15.0 Å². The molecular formula is C20H26N4. The maximum absolute atomic E-state index is 4.56. The number of anilines is 1. The molecule has 2 aromatic heterocycles. The van der Waals surface area contributed by atoms with Crippen LogP contribution in [0.1, 0.15) is 49.2 Å². The fourth-order valence-corrected chi connectivity index (χ4v) is 3.18. The van der Waals surface area contributed by atoms with E-state index >= 15 is 0 Å². The summed E-state index contributed by atoms with van der Waals surface area (Å²) in [7, 11) is 0. The van der Waals surface area contributed by atoms with Crippen LogP contribution in [0.4, 0.5) is 5.82 Å². The Morgan fingerprint density at radius 3 is 2.29 bits per heavy atom. The molecule has 4 nitrogen and oxygen atoms in total. The topological polar surface area (TPSA) is 53.6 Å². The lowest BCUT2D eigenvalue weighted by Crippen LogP contribution is -2.05. The van der Waals surface area contributed by atoms with Gasteiger partial charge in [0.15, 0.2) is 0 Å². The predicted molar refractivity (Wildman–Crippen MR) is 100 cm³/mol. The number of rotatable bonds is 7. The van der Waals surface area contributed by atoms with Crippen LogP contribution < -0.4 is 5.32 Å². The molecule has 0 aliphatic carbocycles. The summed E-state index contributed by atoms with van der Waals surface area (Å²) >= 11 is 0. The summed E-state index contributed by atoms with van der Waals surface area (Å²) in [6, 6.07) is 9.01. The summed E-state index contributed by atoms with van der Waals surface area (Å²) in [6.45, 7) is 7.17. The maximum Gasteiger partial charge on any atom is 0.143 e. The van der Waals surface area contributed by atoms with E-state index in [1.807, 2.05) is 19.2 Å². The average Bonchev–Trinajstić information content (AvgIpc) is 3.01. The molecule has 2 N–H and O–H groups in total. The summed E-state index contributed by atoms with van der Waals surface area (Å²) in [6.07, 6.45) is 6.54. The molecule has 0 saturated carbocycles. The Balaban J connectivity index is 1.83. The van der Waals surface area contributed by atoms with Gasteiger partial charge in [0.25, 0.3) is 0 Å². The Hall–Kier alpha value is -2.36. The van der Waals surface area contributed by atoms with E-state index in [9.17, 15) is 0 Å². The second kappa shape index (κ2) is 7.47. The van der Waals surface area contributed by atoms with Crippen molar-refractivity contribution in [3.05, 3.63) is 53.0 Å². The van der Waals surface area contributed by atoms with Gasteiger partial charge in [-0.25, -0.2) is 9.97 Å². The van der Waals surface area contributed by atoms with Crippen molar-refractivity contribution in [1.29, 1.82) is 0 Å². The molecule has 4 heteroatoms. The highest BCUT2D eigenvalue weighted by molar-refractivity contribution is 5.86. The van der Waals surface area contributed by atoms with E-state index in [-0.39, 0.29) is 0 Å². The van der Waals surface area contributed by atoms with Crippen molar-refractivity contribution in [2.75, 3.05) is 5.32 Å². The van der Waals surface area contributed by atoms with Crippen molar-refractivity contribution in [2.24, 2.45) is 0 Å². The molecule has 0 saturated heterocycles. The molecular weight excluding hydrogens is 296 g/mol. The molecule has 0 bridgehead atoms. The number of nitrogens with one attached hydrogen (secondary N) is 2. The lowest BCUT2D eigenvalue weighted by Gasteiger charge is -2.11. The van der Waals surface area contributed by atoms with E-state index < -0.39 is 0 Å².